The molecule has 0 unspecified atom stereocenters. The first-order valence-electron chi connectivity index (χ1n) is 3.79. The van der Waals surface area contributed by atoms with E-state index in [2.05, 4.69) is 0 Å². The highest BCUT2D eigenvalue weighted by Gasteiger charge is 1.98. The van der Waals surface area contributed by atoms with Crippen LogP contribution < -0.4 is 5.73 Å². The molecular formula is C9H12FNS. The van der Waals surface area contributed by atoms with Crippen molar-refractivity contribution in [2.75, 3.05) is 18.2 Å². The van der Waals surface area contributed by atoms with Gasteiger partial charge in [0.1, 0.15) is 0 Å². The Morgan fingerprint density at radius 2 is 2.25 bits per heavy atom. The van der Waals surface area contributed by atoms with Crippen LogP contribution in [0.1, 0.15) is 5.56 Å². The average molecular weight is 185 g/mol. The molecule has 0 heterocycles. The third-order valence-corrected chi connectivity index (χ3v) is 2.66. The first-order chi connectivity index (χ1) is 5.74. The SMILES string of the molecule is Cc1cc(N)ccc1SCCF. The molecule has 0 spiro atoms. The highest BCUT2D eigenvalue weighted by molar-refractivity contribution is 7.99. The number of hydrogen-bond donors (Lipinski definition) is 1. The van der Waals surface area contributed by atoms with Crippen molar-refractivity contribution in [2.45, 2.75) is 11.8 Å². The quantitative estimate of drug-likeness (QED) is 0.578. The van der Waals surface area contributed by atoms with Crippen LogP contribution in [0.5, 0.6) is 0 Å². The number of anilines is 1. The molecule has 1 rings (SSSR count). The Balaban J connectivity index is 2.72. The van der Waals surface area contributed by atoms with E-state index < -0.39 is 0 Å². The van der Waals surface area contributed by atoms with Crippen molar-refractivity contribution in [3.63, 3.8) is 0 Å². The first kappa shape index (κ1) is 9.39. The number of halogens is 1. The van der Waals surface area contributed by atoms with Gasteiger partial charge in [0.05, 0.1) is 6.67 Å². The van der Waals surface area contributed by atoms with Crippen LogP contribution in [-0.4, -0.2) is 12.4 Å². The molecule has 0 radical (unpaired) electrons. The van der Waals surface area contributed by atoms with E-state index in [4.69, 9.17) is 5.73 Å². The second kappa shape index (κ2) is 4.36. The van der Waals surface area contributed by atoms with Crippen LogP contribution in [0, 0.1) is 6.92 Å². The number of hydrogen-bond acceptors (Lipinski definition) is 2. The molecule has 2 N–H and O–H groups in total. The van der Waals surface area contributed by atoms with Crippen molar-refractivity contribution < 1.29 is 4.39 Å². The zero-order valence-electron chi connectivity index (χ0n) is 7.01. The van der Waals surface area contributed by atoms with E-state index in [1.807, 2.05) is 25.1 Å². The molecule has 0 saturated heterocycles. The minimum absolute atomic E-state index is 0.283. The molecule has 0 bridgehead atoms. The smallest absolute Gasteiger partial charge is 0.0988 e. The van der Waals surface area contributed by atoms with Gasteiger partial charge in [-0.2, -0.15) is 0 Å². The van der Waals surface area contributed by atoms with Crippen LogP contribution in [0.3, 0.4) is 0 Å². The third kappa shape index (κ3) is 2.41. The predicted octanol–water partition coefficient (Wildman–Crippen LogP) is 2.64. The Bertz CT molecular complexity index is 263. The van der Waals surface area contributed by atoms with Crippen molar-refractivity contribution in [2.24, 2.45) is 0 Å². The van der Waals surface area contributed by atoms with Crippen LogP contribution >= 0.6 is 11.8 Å². The summed E-state index contributed by atoms with van der Waals surface area (Å²) in [5.41, 5.74) is 7.45. The normalized spacial score (nSPS) is 10.2. The molecule has 3 heteroatoms. The van der Waals surface area contributed by atoms with Crippen LogP contribution in [0.15, 0.2) is 23.1 Å². The van der Waals surface area contributed by atoms with Crippen molar-refractivity contribution in [1.29, 1.82) is 0 Å². The zero-order chi connectivity index (χ0) is 8.97. The van der Waals surface area contributed by atoms with Gasteiger partial charge in [-0.25, -0.2) is 0 Å². The maximum atomic E-state index is 11.8. The zero-order valence-corrected chi connectivity index (χ0v) is 7.83. The Morgan fingerprint density at radius 1 is 1.50 bits per heavy atom. The topological polar surface area (TPSA) is 26.0 Å². The predicted molar refractivity (Wildman–Crippen MR) is 52.3 cm³/mol. The van der Waals surface area contributed by atoms with Gasteiger partial charge < -0.3 is 5.73 Å². The number of nitrogens with two attached hydrogens (primary N) is 1. The van der Waals surface area contributed by atoms with E-state index in [0.29, 0.717) is 5.75 Å². The number of nitrogen functional groups attached to an aromatic ring is 1. The van der Waals surface area contributed by atoms with E-state index in [0.717, 1.165) is 16.1 Å². The summed E-state index contributed by atoms with van der Waals surface area (Å²) in [7, 11) is 0. The summed E-state index contributed by atoms with van der Waals surface area (Å²) in [6, 6.07) is 5.68. The van der Waals surface area contributed by atoms with Crippen molar-refractivity contribution in [3.8, 4) is 0 Å². The fourth-order valence-electron chi connectivity index (χ4n) is 0.983. The van der Waals surface area contributed by atoms with Gasteiger partial charge in [-0.15, -0.1) is 11.8 Å². The number of aryl methyl sites for hydroxylation is 1. The maximum Gasteiger partial charge on any atom is 0.0988 e. The lowest BCUT2D eigenvalue weighted by Crippen LogP contribution is -1.88. The fraction of sp³-hybridized carbons (Fsp3) is 0.333. The largest absolute Gasteiger partial charge is 0.399 e. The van der Waals surface area contributed by atoms with Crippen LogP contribution in [-0.2, 0) is 0 Å². The van der Waals surface area contributed by atoms with Gasteiger partial charge in [0.15, 0.2) is 0 Å². The van der Waals surface area contributed by atoms with Gasteiger partial charge in [0, 0.05) is 16.3 Å². The highest BCUT2D eigenvalue weighted by Crippen LogP contribution is 2.23. The molecule has 1 nitrogen and oxygen atoms in total. The van der Waals surface area contributed by atoms with Gasteiger partial charge in [-0.3, -0.25) is 4.39 Å². The Morgan fingerprint density at radius 3 is 2.83 bits per heavy atom. The molecule has 0 fully saturated rings. The molecule has 1 aromatic rings. The molecule has 66 valence electrons. The van der Waals surface area contributed by atoms with Gasteiger partial charge >= 0.3 is 0 Å². The van der Waals surface area contributed by atoms with Crippen LogP contribution in [0.25, 0.3) is 0 Å². The van der Waals surface area contributed by atoms with Crippen molar-refractivity contribution >= 4 is 17.4 Å². The maximum absolute atomic E-state index is 11.8. The Hall–Kier alpha value is -0.700. The summed E-state index contributed by atoms with van der Waals surface area (Å²) >= 11 is 1.53. The fourth-order valence-corrected chi connectivity index (χ4v) is 1.73. The molecule has 0 atom stereocenters. The Kier molecular flexibility index (Phi) is 3.41. The highest BCUT2D eigenvalue weighted by atomic mass is 32.2. The summed E-state index contributed by atoms with van der Waals surface area (Å²) < 4.78 is 11.8. The lowest BCUT2D eigenvalue weighted by atomic mass is 10.2. The molecule has 0 aliphatic carbocycles. The molecule has 0 saturated carbocycles. The molecule has 0 amide bonds. The minimum atomic E-state index is -0.283. The van der Waals surface area contributed by atoms with Gasteiger partial charge in [-0.05, 0) is 30.7 Å². The van der Waals surface area contributed by atoms with E-state index in [1.165, 1.54) is 11.8 Å². The summed E-state index contributed by atoms with van der Waals surface area (Å²) in [6.45, 7) is 1.70. The van der Waals surface area contributed by atoms with E-state index >= 15 is 0 Å². The van der Waals surface area contributed by atoms with Gasteiger partial charge in [-0.1, -0.05) is 0 Å². The Labute approximate surface area is 76.2 Å². The molecule has 12 heavy (non-hydrogen) atoms. The van der Waals surface area contributed by atoms with Crippen molar-refractivity contribution in [1.82, 2.24) is 0 Å². The second-order valence-corrected chi connectivity index (χ2v) is 3.70. The third-order valence-electron chi connectivity index (χ3n) is 1.53. The summed E-state index contributed by atoms with van der Waals surface area (Å²) in [4.78, 5) is 1.11. The van der Waals surface area contributed by atoms with E-state index in [-0.39, 0.29) is 6.67 Å². The summed E-state index contributed by atoms with van der Waals surface area (Å²) in [6.07, 6.45) is 0. The van der Waals surface area contributed by atoms with E-state index in [1.54, 1.807) is 0 Å². The minimum Gasteiger partial charge on any atom is -0.399 e. The monoisotopic (exact) mass is 185 g/mol. The molecule has 1 aromatic carbocycles. The standard InChI is InChI=1S/C9H12FNS/c1-7-6-8(11)2-3-9(7)12-5-4-10/h2-3,6H,4-5,11H2,1H3. The summed E-state index contributed by atoms with van der Waals surface area (Å²) in [5, 5.41) is 0. The van der Waals surface area contributed by atoms with Crippen LogP contribution in [0.4, 0.5) is 10.1 Å². The number of rotatable bonds is 3. The van der Waals surface area contributed by atoms with Gasteiger partial charge in [0.25, 0.3) is 0 Å². The van der Waals surface area contributed by atoms with Crippen LogP contribution in [0.2, 0.25) is 0 Å². The number of thioether (sulfide) groups is 1. The van der Waals surface area contributed by atoms with E-state index in [9.17, 15) is 4.39 Å². The summed E-state index contributed by atoms with van der Waals surface area (Å²) in [5.74, 6) is 0.519. The lowest BCUT2D eigenvalue weighted by molar-refractivity contribution is 0.533. The van der Waals surface area contributed by atoms with Crippen molar-refractivity contribution in [3.05, 3.63) is 23.8 Å². The lowest BCUT2D eigenvalue weighted by Gasteiger charge is -2.04. The number of alkyl halides is 1. The molecule has 0 aromatic heterocycles. The van der Waals surface area contributed by atoms with Gasteiger partial charge in [0.2, 0.25) is 0 Å². The molecular weight excluding hydrogens is 173 g/mol. The molecule has 0 aliphatic rings. The first-order valence-corrected chi connectivity index (χ1v) is 4.77. The molecule has 0 aliphatic heterocycles. The average Bonchev–Trinajstić information content (AvgIpc) is 2.03. The number of benzene rings is 1. The second-order valence-electron chi connectivity index (χ2n) is 2.56.